The number of rotatable bonds is 1. The molecule has 0 saturated carbocycles. The summed E-state index contributed by atoms with van der Waals surface area (Å²) in [5.74, 6) is 0.426. The van der Waals surface area contributed by atoms with Crippen molar-refractivity contribution >= 4 is 5.91 Å². The highest BCUT2D eigenvalue weighted by Crippen LogP contribution is 2.06. The monoisotopic (exact) mass is 255 g/mol. The number of hydrogen-bond acceptors (Lipinski definition) is 1. The zero-order valence-corrected chi connectivity index (χ0v) is 12.4. The van der Waals surface area contributed by atoms with Crippen molar-refractivity contribution in [3.63, 3.8) is 0 Å². The first-order valence-electron chi connectivity index (χ1n) is 6.19. The maximum absolute atomic E-state index is 12.5. The Hall–Kier alpha value is -1.38. The molecule has 0 spiro atoms. The minimum Gasteiger partial charge on any atom is -0.370 e. The van der Waals surface area contributed by atoms with E-state index in [4.69, 9.17) is 0 Å². The van der Waals surface area contributed by atoms with Gasteiger partial charge < -0.3 is 5.73 Å². The smallest absolute Gasteiger partial charge is 0.214 e. The second kappa shape index (κ2) is 10.8. The lowest BCUT2D eigenvalue weighted by Crippen LogP contribution is -2.01. The molecule has 0 aromatic heterocycles. The molecule has 2 N–H and O–H groups in total. The average Bonchev–Trinajstić information content (AvgIpc) is 2.24. The Morgan fingerprint density at radius 3 is 1.94 bits per heavy atom. The highest BCUT2D eigenvalue weighted by molar-refractivity contribution is 5.70. The lowest BCUT2D eigenvalue weighted by molar-refractivity contribution is -0.115. The van der Waals surface area contributed by atoms with Crippen molar-refractivity contribution in [2.45, 2.75) is 48.0 Å². The van der Waals surface area contributed by atoms with E-state index in [0.29, 0.717) is 0 Å². The summed E-state index contributed by atoms with van der Waals surface area (Å²) >= 11 is 0. The fourth-order valence-electron chi connectivity index (χ4n) is 0.795. The standard InChI is InChI=1S/C8H9F.C5H12.C2H5NO/c1-6-3-4-8(9)7(2)5-6;1-4-5(2)3;1-2(3)4/h3-5H,1-2H3;5H,4H2,1-3H3;1H3,(H2,3,4). The molecular formula is C15H26FNO. The van der Waals surface area contributed by atoms with Gasteiger partial charge >= 0.3 is 0 Å². The van der Waals surface area contributed by atoms with Crippen LogP contribution in [0, 0.1) is 25.6 Å². The van der Waals surface area contributed by atoms with Crippen LogP contribution in [-0.4, -0.2) is 5.91 Å². The van der Waals surface area contributed by atoms with Gasteiger partial charge in [0.15, 0.2) is 0 Å². The maximum Gasteiger partial charge on any atom is 0.214 e. The van der Waals surface area contributed by atoms with Gasteiger partial charge in [-0.3, -0.25) is 4.79 Å². The number of nitrogens with two attached hydrogens (primary N) is 1. The first-order chi connectivity index (χ1) is 8.20. The van der Waals surface area contributed by atoms with E-state index in [-0.39, 0.29) is 11.7 Å². The van der Waals surface area contributed by atoms with Gasteiger partial charge in [-0.1, -0.05) is 44.9 Å². The Bertz CT molecular complexity index is 344. The molecule has 0 aliphatic heterocycles. The van der Waals surface area contributed by atoms with E-state index in [1.807, 2.05) is 13.0 Å². The molecule has 104 valence electrons. The van der Waals surface area contributed by atoms with Crippen LogP contribution in [0.15, 0.2) is 18.2 Å². The van der Waals surface area contributed by atoms with Crippen molar-refractivity contribution in [2.24, 2.45) is 11.7 Å². The lowest BCUT2D eigenvalue weighted by Gasteiger charge is -1.95. The molecule has 1 rings (SSSR count). The van der Waals surface area contributed by atoms with Crippen LogP contribution in [-0.2, 0) is 4.79 Å². The Labute approximate surface area is 110 Å². The Morgan fingerprint density at radius 2 is 1.72 bits per heavy atom. The summed E-state index contributed by atoms with van der Waals surface area (Å²) in [5, 5.41) is 0. The molecule has 0 fully saturated rings. The van der Waals surface area contributed by atoms with Crippen LogP contribution in [0.3, 0.4) is 0 Å². The van der Waals surface area contributed by atoms with E-state index >= 15 is 0 Å². The van der Waals surface area contributed by atoms with Gasteiger partial charge in [-0.25, -0.2) is 4.39 Å². The second-order valence-corrected chi connectivity index (χ2v) is 4.67. The van der Waals surface area contributed by atoms with E-state index < -0.39 is 0 Å². The molecule has 1 aromatic carbocycles. The first kappa shape index (κ1) is 19.0. The third-order valence-electron chi connectivity index (χ3n) is 2.13. The summed E-state index contributed by atoms with van der Waals surface area (Å²) in [6.07, 6.45) is 1.31. The van der Waals surface area contributed by atoms with Crippen molar-refractivity contribution in [1.82, 2.24) is 0 Å². The van der Waals surface area contributed by atoms with Crippen LogP contribution in [0.25, 0.3) is 0 Å². The van der Waals surface area contributed by atoms with Gasteiger partial charge in [0.2, 0.25) is 5.91 Å². The van der Waals surface area contributed by atoms with Crippen molar-refractivity contribution in [3.05, 3.63) is 35.1 Å². The molecular weight excluding hydrogens is 229 g/mol. The Kier molecular flexibility index (Phi) is 11.3. The van der Waals surface area contributed by atoms with Crippen molar-refractivity contribution in [3.8, 4) is 0 Å². The molecule has 0 saturated heterocycles. The average molecular weight is 255 g/mol. The van der Waals surface area contributed by atoms with Gasteiger partial charge in [-0.2, -0.15) is 0 Å². The molecule has 0 aliphatic carbocycles. The lowest BCUT2D eigenvalue weighted by atomic mass is 10.1. The highest BCUT2D eigenvalue weighted by atomic mass is 19.1. The number of primary amides is 1. The normalized spacial score (nSPS) is 8.89. The van der Waals surface area contributed by atoms with Crippen LogP contribution in [0.5, 0.6) is 0 Å². The van der Waals surface area contributed by atoms with Gasteiger partial charge in [0.05, 0.1) is 0 Å². The summed E-state index contributed by atoms with van der Waals surface area (Å²) in [5.41, 5.74) is 6.30. The Balaban J connectivity index is 0. The summed E-state index contributed by atoms with van der Waals surface area (Å²) in [4.78, 5) is 9.22. The molecule has 1 aromatic rings. The fraction of sp³-hybridized carbons (Fsp3) is 0.533. The topological polar surface area (TPSA) is 43.1 Å². The van der Waals surface area contributed by atoms with Crippen LogP contribution in [0.4, 0.5) is 4.39 Å². The SMILES string of the molecule is CC(N)=O.CCC(C)C.Cc1ccc(F)c(C)c1. The van der Waals surface area contributed by atoms with E-state index in [2.05, 4.69) is 26.5 Å². The van der Waals surface area contributed by atoms with Gasteiger partial charge in [0, 0.05) is 6.92 Å². The van der Waals surface area contributed by atoms with Crippen molar-refractivity contribution in [1.29, 1.82) is 0 Å². The largest absolute Gasteiger partial charge is 0.370 e. The quantitative estimate of drug-likeness (QED) is 0.810. The number of aryl methyl sites for hydroxylation is 2. The van der Waals surface area contributed by atoms with Crippen molar-refractivity contribution in [2.75, 3.05) is 0 Å². The summed E-state index contributed by atoms with van der Waals surface area (Å²) < 4.78 is 12.5. The second-order valence-electron chi connectivity index (χ2n) is 4.67. The van der Waals surface area contributed by atoms with Crippen LogP contribution >= 0.6 is 0 Å². The first-order valence-corrected chi connectivity index (χ1v) is 6.19. The fourth-order valence-corrected chi connectivity index (χ4v) is 0.795. The van der Waals surface area contributed by atoms with Crippen LogP contribution in [0.2, 0.25) is 0 Å². The maximum atomic E-state index is 12.5. The molecule has 1 amide bonds. The summed E-state index contributed by atoms with van der Waals surface area (Å²) in [6, 6.07) is 5.09. The minimum atomic E-state index is -0.333. The summed E-state index contributed by atoms with van der Waals surface area (Å²) in [7, 11) is 0. The van der Waals surface area contributed by atoms with Crippen molar-refractivity contribution < 1.29 is 9.18 Å². The number of amides is 1. The zero-order chi connectivity index (χ0) is 14.7. The zero-order valence-electron chi connectivity index (χ0n) is 12.4. The third kappa shape index (κ3) is 14.6. The predicted octanol–water partition coefficient (Wildman–Crippen LogP) is 3.99. The molecule has 2 nitrogen and oxygen atoms in total. The minimum absolute atomic E-state index is 0.124. The van der Waals surface area contributed by atoms with Gasteiger partial charge in [-0.15, -0.1) is 0 Å². The number of benzene rings is 1. The summed E-state index contributed by atoms with van der Waals surface area (Å²) in [6.45, 7) is 11.7. The molecule has 18 heavy (non-hydrogen) atoms. The van der Waals surface area contributed by atoms with E-state index in [1.165, 1.54) is 19.4 Å². The third-order valence-corrected chi connectivity index (χ3v) is 2.13. The predicted molar refractivity (Wildman–Crippen MR) is 75.9 cm³/mol. The molecule has 0 atom stereocenters. The highest BCUT2D eigenvalue weighted by Gasteiger charge is 1.93. The van der Waals surface area contributed by atoms with Gasteiger partial charge in [0.1, 0.15) is 5.82 Å². The number of carbonyl (C=O) groups is 1. The molecule has 0 unspecified atom stereocenters. The number of halogens is 1. The van der Waals surface area contributed by atoms with Gasteiger partial charge in [-0.05, 0) is 31.4 Å². The van der Waals surface area contributed by atoms with Crippen LogP contribution < -0.4 is 5.73 Å². The Morgan fingerprint density at radius 1 is 1.33 bits per heavy atom. The van der Waals surface area contributed by atoms with E-state index in [0.717, 1.165) is 17.0 Å². The molecule has 3 heteroatoms. The molecule has 0 aliphatic rings. The van der Waals surface area contributed by atoms with Gasteiger partial charge in [0.25, 0.3) is 0 Å². The van der Waals surface area contributed by atoms with Crippen LogP contribution in [0.1, 0.15) is 45.2 Å². The molecule has 0 heterocycles. The molecule has 0 bridgehead atoms. The molecule has 0 radical (unpaired) electrons. The number of carbonyl (C=O) groups excluding carboxylic acids is 1. The van der Waals surface area contributed by atoms with E-state index in [9.17, 15) is 9.18 Å². The number of hydrogen-bond donors (Lipinski definition) is 1. The van der Waals surface area contributed by atoms with E-state index in [1.54, 1.807) is 13.0 Å².